The Hall–Kier alpha value is -2.86. The fourth-order valence-corrected chi connectivity index (χ4v) is 6.11. The zero-order valence-corrected chi connectivity index (χ0v) is 24.1. The number of hydrogen-bond acceptors (Lipinski definition) is 3. The molecule has 1 saturated carbocycles. The van der Waals surface area contributed by atoms with E-state index in [1.54, 1.807) is 0 Å². The molecule has 38 heavy (non-hydrogen) atoms. The largest absolute Gasteiger partial charge is 0.479 e. The summed E-state index contributed by atoms with van der Waals surface area (Å²) in [5.74, 6) is 0.273. The molecule has 0 bridgehead atoms. The average molecular weight is 521 g/mol. The Balaban J connectivity index is 1.81. The van der Waals surface area contributed by atoms with Crippen LogP contribution in [-0.2, 0) is 16.0 Å². The fraction of sp³-hybridized carbons (Fsp3) is 0.562. The molecule has 0 radical (unpaired) electrons. The Kier molecular flexibility index (Phi) is 8.22. The first-order chi connectivity index (χ1) is 17.9. The van der Waals surface area contributed by atoms with Crippen molar-refractivity contribution < 1.29 is 19.4 Å². The van der Waals surface area contributed by atoms with E-state index in [0.717, 1.165) is 58.0 Å². The van der Waals surface area contributed by atoms with Gasteiger partial charge in [0, 0.05) is 24.3 Å². The molecule has 2 aromatic carbocycles. The molecule has 1 aliphatic heterocycles. The summed E-state index contributed by atoms with van der Waals surface area (Å²) >= 11 is 0. The van der Waals surface area contributed by atoms with Crippen molar-refractivity contribution in [1.82, 2.24) is 4.90 Å². The van der Waals surface area contributed by atoms with Crippen molar-refractivity contribution in [3.05, 3.63) is 52.1 Å². The lowest BCUT2D eigenvalue weighted by Crippen LogP contribution is -2.39. The number of nitrogens with zero attached hydrogens (tertiary/aromatic N) is 1. The standard InChI is InChI=1S/C32H44N2O4/c1-19-8-12-23(13-9-19)18-34-17-16-25-21(3)26(24-14-10-20(2)11-15-24)27(22(4)28(25)33-31(34)37)29(30(35)36)38-32(5,6)7/h10-11,14-15,19,23,29H,8-9,12-13,16-18H2,1-7H3,(H,33,37)(H,35,36)/t19?,23?,29-/m0/s1. The number of nitrogens with one attached hydrogen (secondary N) is 1. The minimum absolute atomic E-state index is 0.0949. The van der Waals surface area contributed by atoms with Crippen molar-refractivity contribution >= 4 is 17.7 Å². The van der Waals surface area contributed by atoms with E-state index < -0.39 is 17.7 Å². The minimum Gasteiger partial charge on any atom is -0.479 e. The number of rotatable bonds is 6. The molecule has 6 heteroatoms. The lowest BCUT2D eigenvalue weighted by Gasteiger charge is -2.31. The van der Waals surface area contributed by atoms with Gasteiger partial charge in [-0.2, -0.15) is 0 Å². The molecule has 1 aliphatic carbocycles. The highest BCUT2D eigenvalue weighted by Gasteiger charge is 2.35. The van der Waals surface area contributed by atoms with Crippen molar-refractivity contribution in [2.24, 2.45) is 11.8 Å². The van der Waals surface area contributed by atoms with Gasteiger partial charge in [-0.3, -0.25) is 0 Å². The van der Waals surface area contributed by atoms with Gasteiger partial charge >= 0.3 is 12.0 Å². The van der Waals surface area contributed by atoms with Gasteiger partial charge in [0.25, 0.3) is 0 Å². The van der Waals surface area contributed by atoms with Gasteiger partial charge in [-0.1, -0.05) is 49.6 Å². The zero-order chi connectivity index (χ0) is 27.8. The Morgan fingerprint density at radius 3 is 2.29 bits per heavy atom. The quantitative estimate of drug-likeness (QED) is 0.415. The van der Waals surface area contributed by atoms with Crippen LogP contribution < -0.4 is 5.32 Å². The van der Waals surface area contributed by atoms with E-state index in [-0.39, 0.29) is 6.03 Å². The summed E-state index contributed by atoms with van der Waals surface area (Å²) in [5.41, 5.74) is 6.52. The van der Waals surface area contributed by atoms with Crippen LogP contribution in [0.5, 0.6) is 0 Å². The molecule has 2 amide bonds. The van der Waals surface area contributed by atoms with E-state index in [2.05, 4.69) is 43.4 Å². The number of carboxylic acid groups (broad SMARTS) is 1. The van der Waals surface area contributed by atoms with Gasteiger partial charge in [0.2, 0.25) is 0 Å². The van der Waals surface area contributed by atoms with Gasteiger partial charge < -0.3 is 20.1 Å². The molecule has 0 unspecified atom stereocenters. The Morgan fingerprint density at radius 2 is 1.71 bits per heavy atom. The highest BCUT2D eigenvalue weighted by molar-refractivity contribution is 5.95. The second-order valence-electron chi connectivity index (χ2n) is 12.5. The van der Waals surface area contributed by atoms with E-state index in [1.807, 2.05) is 39.5 Å². The second-order valence-corrected chi connectivity index (χ2v) is 12.5. The number of carbonyl (C=O) groups is 2. The lowest BCUT2D eigenvalue weighted by atomic mass is 9.82. The smallest absolute Gasteiger partial charge is 0.337 e. The molecule has 1 fully saturated rings. The number of ether oxygens (including phenoxy) is 1. The molecule has 4 rings (SSSR count). The predicted molar refractivity (Wildman–Crippen MR) is 153 cm³/mol. The zero-order valence-electron chi connectivity index (χ0n) is 24.1. The van der Waals surface area contributed by atoms with E-state index in [9.17, 15) is 14.7 Å². The van der Waals surface area contributed by atoms with Crippen LogP contribution in [0.3, 0.4) is 0 Å². The molecular formula is C32H44N2O4. The topological polar surface area (TPSA) is 78.9 Å². The van der Waals surface area contributed by atoms with Crippen molar-refractivity contribution in [1.29, 1.82) is 0 Å². The predicted octanol–water partition coefficient (Wildman–Crippen LogP) is 7.44. The number of fused-ring (bicyclic) bond motifs is 1. The van der Waals surface area contributed by atoms with Crippen LogP contribution in [0.2, 0.25) is 0 Å². The van der Waals surface area contributed by atoms with Gasteiger partial charge in [0.1, 0.15) is 0 Å². The molecule has 206 valence electrons. The van der Waals surface area contributed by atoms with Gasteiger partial charge in [-0.25, -0.2) is 9.59 Å². The van der Waals surface area contributed by atoms with Crippen molar-refractivity contribution in [3.63, 3.8) is 0 Å². The number of benzene rings is 2. The Bertz CT molecular complexity index is 1190. The summed E-state index contributed by atoms with van der Waals surface area (Å²) in [6, 6.07) is 8.11. The Morgan fingerprint density at radius 1 is 1.08 bits per heavy atom. The highest BCUT2D eigenvalue weighted by Crippen LogP contribution is 2.44. The summed E-state index contributed by atoms with van der Waals surface area (Å²) in [6.07, 6.45) is 4.35. The number of amides is 2. The number of carbonyl (C=O) groups excluding carboxylic acids is 1. The van der Waals surface area contributed by atoms with E-state index in [4.69, 9.17) is 4.74 Å². The van der Waals surface area contributed by atoms with Crippen molar-refractivity contribution in [3.8, 4) is 11.1 Å². The van der Waals surface area contributed by atoms with Gasteiger partial charge in [0.05, 0.1) is 5.60 Å². The number of hydrogen-bond donors (Lipinski definition) is 2. The van der Waals surface area contributed by atoms with Gasteiger partial charge in [-0.15, -0.1) is 0 Å². The first kappa shape index (κ1) is 28.2. The van der Waals surface area contributed by atoms with Crippen LogP contribution in [0.4, 0.5) is 10.5 Å². The minimum atomic E-state index is -1.17. The van der Waals surface area contributed by atoms with Crippen LogP contribution in [0.25, 0.3) is 11.1 Å². The van der Waals surface area contributed by atoms with E-state index in [0.29, 0.717) is 18.0 Å². The Labute approximate surface area is 227 Å². The molecule has 1 atom stereocenters. The first-order valence-electron chi connectivity index (χ1n) is 14.0. The summed E-state index contributed by atoms with van der Waals surface area (Å²) in [4.78, 5) is 28.1. The van der Waals surface area contributed by atoms with Crippen LogP contribution in [-0.4, -0.2) is 40.7 Å². The summed E-state index contributed by atoms with van der Waals surface area (Å²) in [7, 11) is 0. The average Bonchev–Trinajstić information content (AvgIpc) is 3.00. The molecule has 2 aromatic rings. The normalized spacial score (nSPS) is 20.9. The van der Waals surface area contributed by atoms with Crippen molar-refractivity contribution in [2.75, 3.05) is 18.4 Å². The maximum absolute atomic E-state index is 13.5. The number of carboxylic acids is 1. The fourth-order valence-electron chi connectivity index (χ4n) is 6.11. The molecular weight excluding hydrogens is 476 g/mol. The molecule has 1 heterocycles. The second kappa shape index (κ2) is 11.1. The third-order valence-electron chi connectivity index (χ3n) is 8.24. The monoisotopic (exact) mass is 520 g/mol. The number of urea groups is 1. The van der Waals surface area contributed by atoms with Crippen molar-refractivity contribution in [2.45, 2.75) is 92.3 Å². The third-order valence-corrected chi connectivity index (χ3v) is 8.24. The SMILES string of the molecule is Cc1ccc(-c2c(C)c3c(c(C)c2[C@H](OC(C)(C)C)C(=O)O)NC(=O)N(CC2CCC(C)CC2)CC3)cc1. The number of aryl methyl sites for hydroxylation is 1. The molecule has 2 N–H and O–H groups in total. The van der Waals surface area contributed by atoms with E-state index in [1.165, 1.54) is 25.7 Å². The van der Waals surface area contributed by atoms with Gasteiger partial charge in [-0.05, 0) is 100 Å². The maximum atomic E-state index is 13.5. The summed E-state index contributed by atoms with van der Waals surface area (Å²) in [6.45, 7) is 15.4. The summed E-state index contributed by atoms with van der Waals surface area (Å²) < 4.78 is 6.16. The van der Waals surface area contributed by atoms with Crippen LogP contribution in [0, 0.1) is 32.6 Å². The number of aliphatic carboxylic acids is 1. The molecule has 0 aromatic heterocycles. The molecule has 0 spiro atoms. The lowest BCUT2D eigenvalue weighted by molar-refractivity contribution is -0.160. The first-order valence-corrected chi connectivity index (χ1v) is 14.0. The molecule has 0 saturated heterocycles. The van der Waals surface area contributed by atoms with Gasteiger partial charge in [0.15, 0.2) is 6.10 Å². The number of anilines is 1. The third kappa shape index (κ3) is 6.06. The summed E-state index contributed by atoms with van der Waals surface area (Å²) in [5, 5.41) is 13.6. The van der Waals surface area contributed by atoms with Crippen LogP contribution >= 0.6 is 0 Å². The maximum Gasteiger partial charge on any atom is 0.337 e. The molecule has 6 nitrogen and oxygen atoms in total. The highest BCUT2D eigenvalue weighted by atomic mass is 16.5. The molecule has 2 aliphatic rings. The van der Waals surface area contributed by atoms with E-state index >= 15 is 0 Å². The van der Waals surface area contributed by atoms with Crippen LogP contribution in [0.1, 0.15) is 87.3 Å². The van der Waals surface area contributed by atoms with Crippen LogP contribution in [0.15, 0.2) is 24.3 Å².